The van der Waals surface area contributed by atoms with E-state index < -0.39 is 0 Å². The first-order valence-corrected chi connectivity index (χ1v) is 9.82. The van der Waals surface area contributed by atoms with Crippen LogP contribution in [0.2, 0.25) is 0 Å². The van der Waals surface area contributed by atoms with Crippen LogP contribution in [0.15, 0.2) is 18.2 Å². The molecule has 0 aromatic heterocycles. The number of amides is 3. The number of carbonyl (C=O) groups excluding carboxylic acids is 3. The van der Waals surface area contributed by atoms with Crippen LogP contribution in [0.25, 0.3) is 0 Å². The van der Waals surface area contributed by atoms with Crippen LogP contribution in [0.4, 0.5) is 17.1 Å². The van der Waals surface area contributed by atoms with Crippen molar-refractivity contribution in [1.82, 2.24) is 0 Å². The van der Waals surface area contributed by atoms with Crippen molar-refractivity contribution in [3.63, 3.8) is 0 Å². The first kappa shape index (κ1) is 18.3. The van der Waals surface area contributed by atoms with Crippen LogP contribution < -0.4 is 14.7 Å². The number of thiocarbonyl (C=S) groups is 3. The summed E-state index contributed by atoms with van der Waals surface area (Å²) in [5.74, 6) is -0.309. The minimum Gasteiger partial charge on any atom is -0.275 e. The zero-order valence-corrected chi connectivity index (χ0v) is 16.7. The number of hydrogen-bond acceptors (Lipinski definition) is 6. The van der Waals surface area contributed by atoms with E-state index in [1.807, 2.05) is 0 Å². The Morgan fingerprint density at radius 3 is 0.963 bits per heavy atom. The monoisotopic (exact) mass is 417 g/mol. The molecule has 0 spiro atoms. The highest BCUT2D eigenvalue weighted by Crippen LogP contribution is 2.36. The molecule has 138 valence electrons. The lowest BCUT2D eigenvalue weighted by molar-refractivity contribution is -0.117. The van der Waals surface area contributed by atoms with Gasteiger partial charge in [0.2, 0.25) is 17.7 Å². The smallest absolute Gasteiger partial charge is 0.232 e. The Balaban J connectivity index is 1.86. The fraction of sp³-hybridized carbons (Fsp3) is 0.333. The van der Waals surface area contributed by atoms with E-state index >= 15 is 0 Å². The van der Waals surface area contributed by atoms with Gasteiger partial charge in [0, 0.05) is 38.5 Å². The molecule has 0 aliphatic carbocycles. The average molecular weight is 418 g/mol. The van der Waals surface area contributed by atoms with E-state index in [4.69, 9.17) is 36.7 Å². The molecule has 0 atom stereocenters. The predicted octanol–water partition coefficient (Wildman–Crippen LogP) is 3.05. The van der Waals surface area contributed by atoms with Crippen molar-refractivity contribution in [3.8, 4) is 0 Å². The zero-order valence-electron chi connectivity index (χ0n) is 14.3. The lowest BCUT2D eigenvalue weighted by Gasteiger charge is -2.25. The molecule has 0 unspecified atom stereocenters. The summed E-state index contributed by atoms with van der Waals surface area (Å²) >= 11 is 16.0. The summed E-state index contributed by atoms with van der Waals surface area (Å²) < 4.78 is 0. The van der Waals surface area contributed by atoms with E-state index in [2.05, 4.69) is 0 Å². The third kappa shape index (κ3) is 3.09. The van der Waals surface area contributed by atoms with E-state index in [0.29, 0.717) is 70.6 Å². The Morgan fingerprint density at radius 2 is 0.778 bits per heavy atom. The SMILES string of the molecule is O=C1CCC(=S)N1c1cc(N2C(=O)CCC2=S)cc(N2C(=O)CCC2=S)c1. The molecule has 6 nitrogen and oxygen atoms in total. The Labute approximate surface area is 172 Å². The largest absolute Gasteiger partial charge is 0.275 e. The molecule has 3 heterocycles. The zero-order chi connectivity index (χ0) is 19.3. The fourth-order valence-electron chi connectivity index (χ4n) is 3.56. The van der Waals surface area contributed by atoms with E-state index in [-0.39, 0.29) is 17.7 Å². The highest BCUT2D eigenvalue weighted by molar-refractivity contribution is 7.81. The quantitative estimate of drug-likeness (QED) is 0.705. The topological polar surface area (TPSA) is 60.9 Å². The molecular formula is C18H15N3O3S3. The minimum absolute atomic E-state index is 0.103. The van der Waals surface area contributed by atoms with Gasteiger partial charge in [-0.15, -0.1) is 0 Å². The second-order valence-corrected chi connectivity index (χ2v) is 7.99. The molecule has 0 N–H and O–H groups in total. The molecule has 1 aromatic rings. The van der Waals surface area contributed by atoms with Gasteiger partial charge in [-0.1, -0.05) is 36.7 Å². The molecule has 0 bridgehead atoms. The van der Waals surface area contributed by atoms with Gasteiger partial charge < -0.3 is 0 Å². The maximum atomic E-state index is 12.3. The molecule has 3 fully saturated rings. The summed E-state index contributed by atoms with van der Waals surface area (Å²) in [6.45, 7) is 0. The first-order chi connectivity index (χ1) is 12.9. The van der Waals surface area contributed by atoms with Gasteiger partial charge >= 0.3 is 0 Å². The van der Waals surface area contributed by atoms with Crippen molar-refractivity contribution >= 4 is 86.4 Å². The number of carbonyl (C=O) groups is 3. The fourth-order valence-corrected chi connectivity index (χ4v) is 4.49. The van der Waals surface area contributed by atoms with E-state index in [1.54, 1.807) is 18.2 Å². The third-order valence-corrected chi connectivity index (χ3v) is 5.98. The van der Waals surface area contributed by atoms with Crippen LogP contribution in [0.1, 0.15) is 38.5 Å². The Bertz CT molecular complexity index is 764. The molecule has 9 heteroatoms. The van der Waals surface area contributed by atoms with Crippen molar-refractivity contribution in [2.45, 2.75) is 38.5 Å². The summed E-state index contributed by atoms with van der Waals surface area (Å²) in [7, 11) is 0. The predicted molar refractivity (Wildman–Crippen MR) is 114 cm³/mol. The van der Waals surface area contributed by atoms with Gasteiger partial charge in [-0.05, 0) is 18.2 Å². The second-order valence-electron chi connectivity index (χ2n) is 6.58. The highest BCUT2D eigenvalue weighted by Gasteiger charge is 2.34. The molecule has 3 amide bonds. The minimum atomic E-state index is -0.103. The second kappa shape index (κ2) is 6.81. The van der Waals surface area contributed by atoms with Gasteiger partial charge in [-0.25, -0.2) is 0 Å². The molecule has 0 radical (unpaired) electrons. The van der Waals surface area contributed by atoms with Crippen LogP contribution in [0.3, 0.4) is 0 Å². The standard InChI is InChI=1S/C18H15N3O3S3/c22-13-1-4-16(25)19(13)10-7-11(20-14(23)2-5-17(20)26)9-12(8-10)21-15(24)3-6-18(21)27/h7-9H,1-6H2. The summed E-state index contributed by atoms with van der Waals surface area (Å²) in [6, 6.07) is 5.16. The maximum absolute atomic E-state index is 12.3. The Morgan fingerprint density at radius 1 is 0.519 bits per heavy atom. The number of rotatable bonds is 3. The molecular weight excluding hydrogens is 402 g/mol. The molecule has 4 rings (SSSR count). The lowest BCUT2D eigenvalue weighted by Crippen LogP contribution is -2.32. The van der Waals surface area contributed by atoms with Gasteiger partial charge in [-0.3, -0.25) is 29.1 Å². The van der Waals surface area contributed by atoms with Crippen molar-refractivity contribution in [2.24, 2.45) is 0 Å². The van der Waals surface area contributed by atoms with Crippen molar-refractivity contribution in [1.29, 1.82) is 0 Å². The molecule has 0 saturated carbocycles. The van der Waals surface area contributed by atoms with Gasteiger partial charge in [0.05, 0.1) is 32.0 Å². The van der Waals surface area contributed by atoms with E-state index in [9.17, 15) is 14.4 Å². The van der Waals surface area contributed by atoms with Crippen LogP contribution in [0.5, 0.6) is 0 Å². The van der Waals surface area contributed by atoms with Crippen molar-refractivity contribution in [3.05, 3.63) is 18.2 Å². The van der Waals surface area contributed by atoms with Gasteiger partial charge in [0.15, 0.2) is 0 Å². The molecule has 3 saturated heterocycles. The number of anilines is 3. The van der Waals surface area contributed by atoms with E-state index in [1.165, 1.54) is 14.7 Å². The summed E-state index contributed by atoms with van der Waals surface area (Å²) in [6.07, 6.45) is 2.57. The van der Waals surface area contributed by atoms with Gasteiger partial charge in [-0.2, -0.15) is 0 Å². The number of nitrogens with zero attached hydrogens (tertiary/aromatic N) is 3. The molecule has 3 aliphatic heterocycles. The lowest BCUT2D eigenvalue weighted by atomic mass is 10.2. The summed E-state index contributed by atoms with van der Waals surface area (Å²) in [5, 5.41) is 0. The maximum Gasteiger partial charge on any atom is 0.232 e. The summed E-state index contributed by atoms with van der Waals surface area (Å²) in [4.78, 5) is 43.0. The van der Waals surface area contributed by atoms with Crippen LogP contribution in [0, 0.1) is 0 Å². The van der Waals surface area contributed by atoms with E-state index in [0.717, 1.165) is 0 Å². The highest BCUT2D eigenvalue weighted by atomic mass is 32.1. The normalized spacial score (nSPS) is 20.7. The van der Waals surface area contributed by atoms with Crippen LogP contribution in [-0.2, 0) is 14.4 Å². The third-order valence-electron chi connectivity index (χ3n) is 4.82. The Kier molecular flexibility index (Phi) is 4.61. The molecule has 27 heavy (non-hydrogen) atoms. The Hall–Kier alpha value is -2.10. The average Bonchev–Trinajstić information content (AvgIpc) is 3.25. The first-order valence-electron chi connectivity index (χ1n) is 8.59. The summed E-state index contributed by atoms with van der Waals surface area (Å²) in [5.41, 5.74) is 1.58. The van der Waals surface area contributed by atoms with Crippen LogP contribution >= 0.6 is 36.7 Å². The van der Waals surface area contributed by atoms with Crippen LogP contribution in [-0.4, -0.2) is 32.7 Å². The number of benzene rings is 1. The van der Waals surface area contributed by atoms with Gasteiger partial charge in [0.1, 0.15) is 0 Å². The molecule has 3 aliphatic rings. The number of hydrogen-bond donors (Lipinski definition) is 0. The van der Waals surface area contributed by atoms with Crippen molar-refractivity contribution < 1.29 is 14.4 Å². The van der Waals surface area contributed by atoms with Gasteiger partial charge in [0.25, 0.3) is 0 Å². The van der Waals surface area contributed by atoms with Crippen molar-refractivity contribution in [2.75, 3.05) is 14.7 Å². The molecule has 1 aromatic carbocycles.